The first-order valence-corrected chi connectivity index (χ1v) is 9.49. The average Bonchev–Trinajstić information content (AvgIpc) is 2.73. The molecule has 0 radical (unpaired) electrons. The number of anilines is 1. The van der Waals surface area contributed by atoms with Gasteiger partial charge in [-0.05, 0) is 43.5 Å². The molecule has 1 fully saturated rings. The largest absolute Gasteiger partial charge is 0.476 e. The number of para-hydroxylation sites is 2. The molecule has 0 aliphatic carbocycles. The number of halogens is 1. The Bertz CT molecular complexity index is 850. The molecule has 6 nitrogen and oxygen atoms in total. The zero-order chi connectivity index (χ0) is 18.8. The van der Waals surface area contributed by atoms with Crippen LogP contribution >= 0.6 is 11.6 Å². The number of hydrogen-bond acceptors (Lipinski definition) is 4. The van der Waals surface area contributed by atoms with Gasteiger partial charge < -0.3 is 14.5 Å². The highest BCUT2D eigenvalue weighted by atomic mass is 35.5. The van der Waals surface area contributed by atoms with Gasteiger partial charge >= 0.3 is 0 Å². The molecule has 4 rings (SSSR count). The smallest absolute Gasteiger partial charge is 0.265 e. The van der Waals surface area contributed by atoms with E-state index in [0.717, 1.165) is 32.4 Å². The third kappa shape index (κ3) is 3.62. The number of hydrogen-bond donors (Lipinski definition) is 0. The number of aromatic nitrogens is 1. The molecule has 0 unspecified atom stereocenters. The highest BCUT2D eigenvalue weighted by Crippen LogP contribution is 2.34. The van der Waals surface area contributed by atoms with E-state index >= 15 is 0 Å². The Balaban J connectivity index is 1.62. The lowest BCUT2D eigenvalue weighted by atomic mass is 10.1. The van der Waals surface area contributed by atoms with Crippen molar-refractivity contribution in [1.29, 1.82) is 0 Å². The minimum absolute atomic E-state index is 0.0590. The molecule has 0 saturated carbocycles. The van der Waals surface area contributed by atoms with Gasteiger partial charge in [0.1, 0.15) is 10.9 Å². The van der Waals surface area contributed by atoms with Crippen LogP contribution in [-0.4, -0.2) is 47.4 Å². The number of ether oxygens (including phenoxy) is 1. The molecule has 2 amide bonds. The van der Waals surface area contributed by atoms with Crippen LogP contribution in [0.3, 0.4) is 0 Å². The van der Waals surface area contributed by atoms with Crippen molar-refractivity contribution in [2.75, 3.05) is 24.5 Å². The van der Waals surface area contributed by atoms with Gasteiger partial charge in [-0.15, -0.1) is 0 Å². The fourth-order valence-electron chi connectivity index (χ4n) is 3.53. The first-order chi connectivity index (χ1) is 13.1. The lowest BCUT2D eigenvalue weighted by Crippen LogP contribution is -2.52. The van der Waals surface area contributed by atoms with Crippen molar-refractivity contribution < 1.29 is 14.3 Å². The molecule has 0 bridgehead atoms. The van der Waals surface area contributed by atoms with Crippen LogP contribution in [0.4, 0.5) is 5.69 Å². The fraction of sp³-hybridized carbons (Fsp3) is 0.350. The number of rotatable bonds is 2. The molecule has 7 heteroatoms. The summed E-state index contributed by atoms with van der Waals surface area (Å²) in [5.74, 6) is 0.247. The summed E-state index contributed by atoms with van der Waals surface area (Å²) in [6.07, 6.45) is 3.90. The maximum absolute atomic E-state index is 13.1. The quantitative estimate of drug-likeness (QED) is 0.745. The van der Waals surface area contributed by atoms with Crippen LogP contribution in [-0.2, 0) is 4.79 Å². The van der Waals surface area contributed by atoms with Crippen LogP contribution in [0.2, 0.25) is 5.15 Å². The number of nitrogens with zero attached hydrogens (tertiary/aromatic N) is 3. The van der Waals surface area contributed by atoms with Crippen LogP contribution in [0.1, 0.15) is 29.6 Å². The number of likely N-dealkylation sites (tertiary alicyclic amines) is 1. The van der Waals surface area contributed by atoms with E-state index in [4.69, 9.17) is 16.3 Å². The van der Waals surface area contributed by atoms with Crippen molar-refractivity contribution in [3.05, 3.63) is 53.3 Å². The molecule has 1 aromatic heterocycles. The zero-order valence-corrected chi connectivity index (χ0v) is 15.6. The van der Waals surface area contributed by atoms with E-state index in [1.807, 2.05) is 23.1 Å². The Labute approximate surface area is 162 Å². The molecule has 1 aromatic carbocycles. The maximum atomic E-state index is 13.1. The Morgan fingerprint density at radius 2 is 1.85 bits per heavy atom. The molecule has 2 aliphatic heterocycles. The standard InChI is InChI=1S/C20H20ClN3O3/c21-18-9-8-14(12-22-18)19(25)24-13-17(20(26)23-10-4-1-5-11-23)27-16-7-3-2-6-15(16)24/h2-3,6-9,12,17H,1,4-5,10-11,13H2/t17-/m1/s1. The second-order valence-corrected chi connectivity index (χ2v) is 7.13. The molecule has 140 valence electrons. The van der Waals surface area contributed by atoms with E-state index in [1.54, 1.807) is 23.1 Å². The summed E-state index contributed by atoms with van der Waals surface area (Å²) in [5, 5.41) is 0.326. The number of amides is 2. The summed E-state index contributed by atoms with van der Waals surface area (Å²) in [6.45, 7) is 1.67. The number of carbonyl (C=O) groups is 2. The van der Waals surface area contributed by atoms with Crippen LogP contribution in [0.5, 0.6) is 5.75 Å². The van der Waals surface area contributed by atoms with E-state index in [9.17, 15) is 9.59 Å². The first-order valence-electron chi connectivity index (χ1n) is 9.11. The minimum Gasteiger partial charge on any atom is -0.476 e. The van der Waals surface area contributed by atoms with Crippen molar-refractivity contribution in [1.82, 2.24) is 9.88 Å². The van der Waals surface area contributed by atoms with E-state index < -0.39 is 6.10 Å². The fourth-order valence-corrected chi connectivity index (χ4v) is 3.64. The molecule has 3 heterocycles. The molecule has 27 heavy (non-hydrogen) atoms. The van der Waals surface area contributed by atoms with E-state index in [1.165, 1.54) is 6.20 Å². The maximum Gasteiger partial charge on any atom is 0.265 e. The zero-order valence-electron chi connectivity index (χ0n) is 14.8. The molecular weight excluding hydrogens is 366 g/mol. The number of fused-ring (bicyclic) bond motifs is 1. The van der Waals surface area contributed by atoms with E-state index in [0.29, 0.717) is 22.2 Å². The summed E-state index contributed by atoms with van der Waals surface area (Å²) < 4.78 is 5.96. The summed E-state index contributed by atoms with van der Waals surface area (Å²) in [7, 11) is 0. The van der Waals surface area contributed by atoms with Gasteiger partial charge in [0.05, 0.1) is 17.8 Å². The molecule has 1 atom stereocenters. The van der Waals surface area contributed by atoms with Crippen LogP contribution in [0, 0.1) is 0 Å². The monoisotopic (exact) mass is 385 g/mol. The Hall–Kier alpha value is -2.60. The Morgan fingerprint density at radius 3 is 2.59 bits per heavy atom. The van der Waals surface area contributed by atoms with Gasteiger partial charge in [0.2, 0.25) is 0 Å². The highest BCUT2D eigenvalue weighted by molar-refractivity contribution is 6.29. The second kappa shape index (κ2) is 7.56. The van der Waals surface area contributed by atoms with Crippen LogP contribution in [0.15, 0.2) is 42.6 Å². The second-order valence-electron chi connectivity index (χ2n) is 6.75. The Kier molecular flexibility index (Phi) is 4.99. The van der Waals surface area contributed by atoms with Crippen molar-refractivity contribution in [2.24, 2.45) is 0 Å². The summed E-state index contributed by atoms with van der Waals surface area (Å²) in [4.78, 5) is 33.5. The van der Waals surface area contributed by atoms with Gasteiger partial charge in [0, 0.05) is 19.3 Å². The first kappa shape index (κ1) is 17.8. The van der Waals surface area contributed by atoms with Gasteiger partial charge in [-0.1, -0.05) is 23.7 Å². The Morgan fingerprint density at radius 1 is 1.07 bits per heavy atom. The van der Waals surface area contributed by atoms with Crippen molar-refractivity contribution >= 4 is 29.1 Å². The van der Waals surface area contributed by atoms with Gasteiger partial charge in [0.25, 0.3) is 11.8 Å². The molecular formula is C20H20ClN3O3. The SMILES string of the molecule is O=C([C@H]1CN(C(=O)c2ccc(Cl)nc2)c2ccccc2O1)N1CCCCC1. The minimum atomic E-state index is -0.706. The molecule has 0 N–H and O–H groups in total. The highest BCUT2D eigenvalue weighted by Gasteiger charge is 2.36. The third-order valence-electron chi connectivity index (χ3n) is 4.94. The average molecular weight is 386 g/mol. The number of pyridine rings is 1. The summed E-state index contributed by atoms with van der Waals surface area (Å²) >= 11 is 5.83. The lowest BCUT2D eigenvalue weighted by Gasteiger charge is -2.37. The summed E-state index contributed by atoms with van der Waals surface area (Å²) in [5.41, 5.74) is 1.07. The number of benzene rings is 1. The van der Waals surface area contributed by atoms with E-state index in [-0.39, 0.29) is 18.4 Å². The lowest BCUT2D eigenvalue weighted by molar-refractivity contribution is -0.139. The van der Waals surface area contributed by atoms with Crippen LogP contribution < -0.4 is 9.64 Å². The number of carbonyl (C=O) groups excluding carboxylic acids is 2. The predicted molar refractivity (Wildman–Crippen MR) is 102 cm³/mol. The predicted octanol–water partition coefficient (Wildman–Crippen LogP) is 3.16. The van der Waals surface area contributed by atoms with Gasteiger partial charge in [0.15, 0.2) is 6.10 Å². The molecule has 0 spiro atoms. The van der Waals surface area contributed by atoms with Gasteiger partial charge in [-0.25, -0.2) is 4.98 Å². The number of piperidine rings is 1. The normalized spacial score (nSPS) is 19.2. The van der Waals surface area contributed by atoms with Crippen LogP contribution in [0.25, 0.3) is 0 Å². The summed E-state index contributed by atoms with van der Waals surface area (Å²) in [6, 6.07) is 10.5. The van der Waals surface area contributed by atoms with Crippen molar-refractivity contribution in [3.8, 4) is 5.75 Å². The van der Waals surface area contributed by atoms with Crippen molar-refractivity contribution in [2.45, 2.75) is 25.4 Å². The van der Waals surface area contributed by atoms with Crippen molar-refractivity contribution in [3.63, 3.8) is 0 Å². The van der Waals surface area contributed by atoms with Gasteiger partial charge in [-0.3, -0.25) is 9.59 Å². The molecule has 1 saturated heterocycles. The van der Waals surface area contributed by atoms with E-state index in [2.05, 4.69) is 4.98 Å². The molecule has 2 aliphatic rings. The third-order valence-corrected chi connectivity index (χ3v) is 5.16. The van der Waals surface area contributed by atoms with Gasteiger partial charge in [-0.2, -0.15) is 0 Å². The molecule has 2 aromatic rings. The topological polar surface area (TPSA) is 62.7 Å².